The zero-order chi connectivity index (χ0) is 17.0. The molecule has 1 saturated heterocycles. The van der Waals surface area contributed by atoms with Crippen LogP contribution >= 0.6 is 0 Å². The third kappa shape index (κ3) is 4.70. The Balaban J connectivity index is 1.95. The summed E-state index contributed by atoms with van der Waals surface area (Å²) in [6.45, 7) is 2.37. The number of hydrogen-bond donors (Lipinski definition) is 3. The van der Waals surface area contributed by atoms with Crippen LogP contribution in [0.15, 0.2) is 0 Å². The first kappa shape index (κ1) is 17.8. The van der Waals surface area contributed by atoms with Crippen molar-refractivity contribution in [1.29, 1.82) is 0 Å². The Labute approximate surface area is 137 Å². The molecule has 23 heavy (non-hydrogen) atoms. The van der Waals surface area contributed by atoms with E-state index in [2.05, 4.69) is 10.6 Å². The Morgan fingerprint density at radius 2 is 2.00 bits per heavy atom. The van der Waals surface area contributed by atoms with E-state index < -0.39 is 29.9 Å². The first-order valence-electron chi connectivity index (χ1n) is 8.29. The van der Waals surface area contributed by atoms with Crippen molar-refractivity contribution in [2.75, 3.05) is 6.54 Å². The standard InChI is InChI=1S/C15H24BN3O4/c1-2-4-10(12(20)14(22)17-9-6-7-9)18-13(21)11-5-3-8-19(11)15(16)23/h9-12,20H,2-8H2,1H3,(H,17,22)(H,18,21)/t10-,11-,12?/m0/s1. The molecule has 0 aromatic rings. The van der Waals surface area contributed by atoms with Crippen LogP contribution in [0.2, 0.25) is 0 Å². The fourth-order valence-corrected chi connectivity index (χ4v) is 2.90. The molecule has 2 radical (unpaired) electrons. The lowest BCUT2D eigenvalue weighted by Crippen LogP contribution is -2.55. The van der Waals surface area contributed by atoms with Gasteiger partial charge in [0.15, 0.2) is 11.9 Å². The molecule has 2 rings (SSSR count). The number of aliphatic hydroxyl groups is 1. The van der Waals surface area contributed by atoms with E-state index in [-0.39, 0.29) is 11.9 Å². The van der Waals surface area contributed by atoms with Gasteiger partial charge in [0.05, 0.1) is 6.04 Å². The Morgan fingerprint density at radius 1 is 1.30 bits per heavy atom. The highest BCUT2D eigenvalue weighted by molar-refractivity contribution is 6.57. The number of hydrogen-bond acceptors (Lipinski definition) is 4. The fourth-order valence-electron chi connectivity index (χ4n) is 2.90. The summed E-state index contributed by atoms with van der Waals surface area (Å²) in [5, 5.41) is 15.7. The highest BCUT2D eigenvalue weighted by Crippen LogP contribution is 2.20. The van der Waals surface area contributed by atoms with E-state index in [4.69, 9.17) is 7.85 Å². The van der Waals surface area contributed by atoms with E-state index >= 15 is 0 Å². The smallest absolute Gasteiger partial charge is 0.251 e. The number of nitrogens with zero attached hydrogens (tertiary/aromatic N) is 1. The van der Waals surface area contributed by atoms with Gasteiger partial charge in [-0.1, -0.05) is 13.3 Å². The normalized spacial score (nSPS) is 23.2. The van der Waals surface area contributed by atoms with Crippen LogP contribution in [0.25, 0.3) is 0 Å². The summed E-state index contributed by atoms with van der Waals surface area (Å²) in [6, 6.07) is -1.14. The third-order valence-corrected chi connectivity index (χ3v) is 4.34. The molecule has 126 valence electrons. The topological polar surface area (TPSA) is 98.7 Å². The van der Waals surface area contributed by atoms with Crippen LogP contribution in [-0.2, 0) is 9.59 Å². The van der Waals surface area contributed by atoms with Gasteiger partial charge in [0, 0.05) is 12.6 Å². The quantitative estimate of drug-likeness (QED) is 0.559. The molecule has 2 fully saturated rings. The van der Waals surface area contributed by atoms with Gasteiger partial charge in [-0.05, 0) is 32.1 Å². The molecule has 1 aliphatic carbocycles. The largest absolute Gasteiger partial charge is 0.381 e. The van der Waals surface area contributed by atoms with Crippen molar-refractivity contribution in [1.82, 2.24) is 15.5 Å². The second kappa shape index (κ2) is 7.81. The van der Waals surface area contributed by atoms with Crippen LogP contribution < -0.4 is 10.6 Å². The SMILES string of the molecule is [B]C(=O)N1CCC[C@H]1C(=O)N[C@@H](CCC)C(O)C(=O)NC1CC1. The Hall–Kier alpha value is -1.57. The van der Waals surface area contributed by atoms with Gasteiger partial charge in [-0.3, -0.25) is 14.4 Å². The lowest BCUT2D eigenvalue weighted by atomic mass is 10.0. The molecule has 7 nitrogen and oxygen atoms in total. The first-order chi connectivity index (χ1) is 10.9. The molecule has 2 aliphatic rings. The predicted molar refractivity (Wildman–Crippen MR) is 84.9 cm³/mol. The minimum absolute atomic E-state index is 0.148. The van der Waals surface area contributed by atoms with Gasteiger partial charge in [-0.15, -0.1) is 0 Å². The van der Waals surface area contributed by atoms with Crippen LogP contribution in [0.3, 0.4) is 0 Å². The summed E-state index contributed by atoms with van der Waals surface area (Å²) in [7, 11) is 5.28. The predicted octanol–water partition coefficient (Wildman–Crippen LogP) is -0.336. The molecule has 3 amide bonds. The van der Waals surface area contributed by atoms with Crippen molar-refractivity contribution in [3.8, 4) is 0 Å². The van der Waals surface area contributed by atoms with Crippen molar-refractivity contribution >= 4 is 25.5 Å². The van der Waals surface area contributed by atoms with Crippen molar-refractivity contribution in [3.63, 3.8) is 0 Å². The first-order valence-corrected chi connectivity index (χ1v) is 8.29. The second-order valence-electron chi connectivity index (χ2n) is 6.32. The molecule has 0 spiro atoms. The van der Waals surface area contributed by atoms with Gasteiger partial charge in [-0.25, -0.2) is 0 Å². The monoisotopic (exact) mass is 321 g/mol. The van der Waals surface area contributed by atoms with E-state index in [9.17, 15) is 19.5 Å². The molecule has 1 heterocycles. The van der Waals surface area contributed by atoms with Crippen LogP contribution in [0.5, 0.6) is 0 Å². The number of carbonyl (C=O) groups excluding carboxylic acids is 3. The number of likely N-dealkylation sites (tertiary alicyclic amines) is 1. The molecule has 3 N–H and O–H groups in total. The second-order valence-corrected chi connectivity index (χ2v) is 6.32. The van der Waals surface area contributed by atoms with E-state index in [1.165, 1.54) is 4.90 Å². The average molecular weight is 321 g/mol. The van der Waals surface area contributed by atoms with Crippen LogP contribution in [0, 0.1) is 0 Å². The summed E-state index contributed by atoms with van der Waals surface area (Å²) < 4.78 is 0. The van der Waals surface area contributed by atoms with E-state index in [0.29, 0.717) is 32.2 Å². The van der Waals surface area contributed by atoms with E-state index in [1.54, 1.807) is 0 Å². The van der Waals surface area contributed by atoms with Crippen LogP contribution in [0.1, 0.15) is 45.4 Å². The Morgan fingerprint density at radius 3 is 2.57 bits per heavy atom. The molecule has 3 atom stereocenters. The summed E-state index contributed by atoms with van der Waals surface area (Å²) >= 11 is 0. The average Bonchev–Trinajstić information content (AvgIpc) is 3.17. The van der Waals surface area contributed by atoms with Crippen molar-refractivity contribution in [3.05, 3.63) is 0 Å². The number of aliphatic hydroxyl groups excluding tert-OH is 1. The molecule has 1 saturated carbocycles. The molecule has 8 heteroatoms. The van der Waals surface area contributed by atoms with E-state index in [0.717, 1.165) is 12.8 Å². The zero-order valence-corrected chi connectivity index (χ0v) is 13.5. The van der Waals surface area contributed by atoms with Crippen LogP contribution in [0.4, 0.5) is 4.79 Å². The molecular formula is C15H24BN3O4. The Kier molecular flexibility index (Phi) is 6.04. The number of amides is 3. The van der Waals surface area contributed by atoms with Crippen molar-refractivity contribution < 1.29 is 19.5 Å². The van der Waals surface area contributed by atoms with Gasteiger partial charge in [0.25, 0.3) is 5.91 Å². The summed E-state index contributed by atoms with van der Waals surface area (Å²) in [5.41, 5.74) is 0. The molecule has 1 aliphatic heterocycles. The molecule has 1 unspecified atom stereocenters. The van der Waals surface area contributed by atoms with E-state index in [1.807, 2.05) is 6.92 Å². The number of nitrogens with one attached hydrogen (secondary N) is 2. The summed E-state index contributed by atoms with van der Waals surface area (Å²) in [5.74, 6) is -1.44. The van der Waals surface area contributed by atoms with Gasteiger partial charge < -0.3 is 20.6 Å². The highest BCUT2D eigenvalue weighted by Gasteiger charge is 2.36. The Bertz CT molecular complexity index is 470. The highest BCUT2D eigenvalue weighted by atomic mass is 16.3. The molecule has 0 aromatic carbocycles. The molecule has 0 aromatic heterocycles. The zero-order valence-electron chi connectivity index (χ0n) is 13.5. The molecule has 0 bridgehead atoms. The van der Waals surface area contributed by atoms with Crippen LogP contribution in [-0.4, -0.2) is 66.2 Å². The summed E-state index contributed by atoms with van der Waals surface area (Å²) in [4.78, 5) is 37.1. The van der Waals surface area contributed by atoms with Crippen molar-refractivity contribution in [2.45, 2.75) is 69.7 Å². The third-order valence-electron chi connectivity index (χ3n) is 4.34. The molecular weight excluding hydrogens is 297 g/mol. The van der Waals surface area contributed by atoms with Gasteiger partial charge in [-0.2, -0.15) is 0 Å². The van der Waals surface area contributed by atoms with Gasteiger partial charge >= 0.3 is 0 Å². The lowest BCUT2D eigenvalue weighted by Gasteiger charge is -2.28. The maximum atomic E-state index is 12.4. The van der Waals surface area contributed by atoms with Gasteiger partial charge in [0.1, 0.15) is 6.04 Å². The number of carbonyl (C=O) groups is 3. The lowest BCUT2D eigenvalue weighted by molar-refractivity contribution is -0.133. The summed E-state index contributed by atoms with van der Waals surface area (Å²) in [6.07, 6.45) is 3.01. The van der Waals surface area contributed by atoms with Gasteiger partial charge in [0.2, 0.25) is 13.8 Å². The maximum Gasteiger partial charge on any atom is 0.251 e. The fraction of sp³-hybridized carbons (Fsp3) is 0.800. The minimum Gasteiger partial charge on any atom is -0.381 e. The minimum atomic E-state index is -1.29. The maximum absolute atomic E-state index is 12.4. The number of rotatable bonds is 7. The van der Waals surface area contributed by atoms with Crippen molar-refractivity contribution in [2.24, 2.45) is 0 Å².